The van der Waals surface area contributed by atoms with Crippen LogP contribution in [0.25, 0.3) is 0 Å². The van der Waals surface area contributed by atoms with Crippen LogP contribution >= 0.6 is 7.82 Å². The Balaban J connectivity index is 2.64. The van der Waals surface area contributed by atoms with Gasteiger partial charge in [-0.05, 0) is 38.3 Å². The van der Waals surface area contributed by atoms with Gasteiger partial charge < -0.3 is 14.9 Å². The summed E-state index contributed by atoms with van der Waals surface area (Å²) in [4.78, 5) is 36.5. The molecule has 0 radical (unpaired) electrons. The van der Waals surface area contributed by atoms with Crippen LogP contribution in [-0.4, -0.2) is 42.1 Å². The van der Waals surface area contributed by atoms with E-state index in [4.69, 9.17) is 13.8 Å². The van der Waals surface area contributed by atoms with Crippen molar-refractivity contribution in [2.75, 3.05) is 13.2 Å². The molecule has 52 heavy (non-hydrogen) atoms. The highest BCUT2D eigenvalue weighted by Crippen LogP contribution is 2.43. The van der Waals surface area contributed by atoms with Gasteiger partial charge in [-0.1, -0.05) is 186 Å². The van der Waals surface area contributed by atoms with E-state index in [2.05, 4.69) is 19.2 Å². The second-order valence-electron chi connectivity index (χ2n) is 14.7. The number of carbonyl (C=O) groups is 2. The number of unbranched alkanes of at least 4 members (excludes halogenated alkanes) is 24. The summed E-state index contributed by atoms with van der Waals surface area (Å²) in [6.45, 7) is 5.83. The standard InChI is InChI=1S/C43H78NO7P/c1-4-7-9-11-13-15-17-19-21-23-25-27-32-36-41(51-43(46)39-34-30-29-31-35-39)40(38-50-52(47,48)49-6-3)44-42(45)37-33-28-26-24-22-20-18-16-14-12-10-8-5-2/h29-31,34-35,40-41H,4-28,32-33,36-38H2,1-3H3,(H,44,45)(H,47,48)/t40-,41+/m0/s1. The van der Waals surface area contributed by atoms with E-state index < -0.39 is 25.9 Å². The lowest BCUT2D eigenvalue weighted by Crippen LogP contribution is -2.48. The van der Waals surface area contributed by atoms with Crippen molar-refractivity contribution in [3.63, 3.8) is 0 Å². The van der Waals surface area contributed by atoms with E-state index in [1.165, 1.54) is 128 Å². The van der Waals surface area contributed by atoms with Crippen molar-refractivity contribution < 1.29 is 32.8 Å². The van der Waals surface area contributed by atoms with E-state index in [1.807, 2.05) is 6.07 Å². The van der Waals surface area contributed by atoms with Crippen LogP contribution in [-0.2, 0) is 23.1 Å². The smallest absolute Gasteiger partial charge is 0.456 e. The number of hydrogen-bond acceptors (Lipinski definition) is 6. The number of esters is 1. The second kappa shape index (κ2) is 33.8. The first kappa shape index (κ1) is 48.3. The van der Waals surface area contributed by atoms with Gasteiger partial charge in [-0.15, -0.1) is 0 Å². The monoisotopic (exact) mass is 752 g/mol. The van der Waals surface area contributed by atoms with E-state index in [0.29, 0.717) is 18.4 Å². The fraction of sp³-hybridized carbons (Fsp3) is 0.814. The SMILES string of the molecule is CCCCCCCCCCCCCCCC(=O)N[C@@H](COP(=O)(O)OCC)[C@@H](CCCCCCCCCCCCCCC)OC(=O)c1ccccc1. The van der Waals surface area contributed by atoms with Crippen molar-refractivity contribution in [1.82, 2.24) is 5.32 Å². The number of carbonyl (C=O) groups excluding carboxylic acids is 2. The van der Waals surface area contributed by atoms with Crippen LogP contribution in [0.5, 0.6) is 0 Å². The molecule has 3 atom stereocenters. The molecule has 0 saturated carbocycles. The molecule has 9 heteroatoms. The summed E-state index contributed by atoms with van der Waals surface area (Å²) in [6.07, 6.45) is 32.0. The van der Waals surface area contributed by atoms with Gasteiger partial charge in [0.2, 0.25) is 5.91 Å². The van der Waals surface area contributed by atoms with Crippen molar-refractivity contribution >= 4 is 19.7 Å². The number of ether oxygens (including phenoxy) is 1. The summed E-state index contributed by atoms with van der Waals surface area (Å²) in [5, 5.41) is 3.00. The second-order valence-corrected chi connectivity index (χ2v) is 16.1. The Morgan fingerprint density at radius 3 is 1.48 bits per heavy atom. The van der Waals surface area contributed by atoms with Gasteiger partial charge in [-0.3, -0.25) is 13.8 Å². The van der Waals surface area contributed by atoms with E-state index >= 15 is 0 Å². The highest BCUT2D eigenvalue weighted by atomic mass is 31.2. The molecule has 0 spiro atoms. The molecular formula is C43H78NO7P. The molecule has 1 rings (SSSR count). The van der Waals surface area contributed by atoms with E-state index in [9.17, 15) is 19.0 Å². The van der Waals surface area contributed by atoms with Crippen molar-refractivity contribution in [2.45, 2.75) is 213 Å². The molecule has 0 bridgehead atoms. The van der Waals surface area contributed by atoms with Gasteiger partial charge >= 0.3 is 13.8 Å². The molecule has 1 aromatic rings. The predicted octanol–water partition coefficient (Wildman–Crippen LogP) is 12.8. The lowest BCUT2D eigenvalue weighted by Gasteiger charge is -2.28. The lowest BCUT2D eigenvalue weighted by atomic mass is 10.0. The molecule has 8 nitrogen and oxygen atoms in total. The zero-order valence-electron chi connectivity index (χ0n) is 33.6. The van der Waals surface area contributed by atoms with Crippen LogP contribution < -0.4 is 5.32 Å². The van der Waals surface area contributed by atoms with E-state index in [1.54, 1.807) is 31.2 Å². The fourth-order valence-corrected chi connectivity index (χ4v) is 7.43. The average Bonchev–Trinajstić information content (AvgIpc) is 3.13. The Morgan fingerprint density at radius 1 is 0.615 bits per heavy atom. The summed E-state index contributed by atoms with van der Waals surface area (Å²) in [7, 11) is -4.32. The molecule has 1 unspecified atom stereocenters. The molecule has 0 aliphatic carbocycles. The molecule has 1 aromatic carbocycles. The molecular weight excluding hydrogens is 673 g/mol. The minimum Gasteiger partial charge on any atom is -0.456 e. The van der Waals surface area contributed by atoms with Gasteiger partial charge in [-0.2, -0.15) is 0 Å². The van der Waals surface area contributed by atoms with E-state index in [-0.39, 0.29) is 19.1 Å². The minimum atomic E-state index is -4.32. The zero-order chi connectivity index (χ0) is 38.0. The van der Waals surface area contributed by atoms with Crippen LogP contribution in [0.3, 0.4) is 0 Å². The van der Waals surface area contributed by atoms with Crippen LogP contribution in [0, 0.1) is 0 Å². The number of benzene rings is 1. The van der Waals surface area contributed by atoms with Gasteiger partial charge in [0, 0.05) is 6.42 Å². The largest absolute Gasteiger partial charge is 0.472 e. The van der Waals surface area contributed by atoms with Gasteiger partial charge in [0.25, 0.3) is 0 Å². The normalized spacial score (nSPS) is 13.8. The van der Waals surface area contributed by atoms with Gasteiger partial charge in [0.1, 0.15) is 6.10 Å². The highest BCUT2D eigenvalue weighted by Gasteiger charge is 2.31. The summed E-state index contributed by atoms with van der Waals surface area (Å²) < 4.78 is 28.7. The van der Waals surface area contributed by atoms with Gasteiger partial charge in [0.05, 0.1) is 24.8 Å². The first-order valence-corrected chi connectivity index (χ1v) is 23.0. The van der Waals surface area contributed by atoms with Gasteiger partial charge in [0.15, 0.2) is 0 Å². The zero-order valence-corrected chi connectivity index (χ0v) is 34.5. The summed E-state index contributed by atoms with van der Waals surface area (Å²) >= 11 is 0. The Morgan fingerprint density at radius 2 is 1.04 bits per heavy atom. The number of amides is 1. The van der Waals surface area contributed by atoms with Crippen LogP contribution in [0.1, 0.15) is 211 Å². The molecule has 0 saturated heterocycles. The first-order valence-electron chi connectivity index (χ1n) is 21.5. The third-order valence-corrected chi connectivity index (χ3v) is 10.9. The maximum atomic E-state index is 13.2. The van der Waals surface area contributed by atoms with Crippen molar-refractivity contribution in [1.29, 1.82) is 0 Å². The fourth-order valence-electron chi connectivity index (χ4n) is 6.68. The number of rotatable bonds is 37. The van der Waals surface area contributed by atoms with Crippen LogP contribution in [0.15, 0.2) is 30.3 Å². The number of phosphoric ester groups is 1. The maximum Gasteiger partial charge on any atom is 0.472 e. The average molecular weight is 752 g/mol. The Kier molecular flexibility index (Phi) is 31.4. The van der Waals surface area contributed by atoms with Crippen molar-refractivity contribution in [2.24, 2.45) is 0 Å². The Bertz CT molecular complexity index is 1020. The molecule has 2 N–H and O–H groups in total. The van der Waals surface area contributed by atoms with Crippen LogP contribution in [0.4, 0.5) is 0 Å². The van der Waals surface area contributed by atoms with Gasteiger partial charge in [-0.25, -0.2) is 9.36 Å². The molecule has 0 aliphatic heterocycles. The molecule has 0 aromatic heterocycles. The minimum absolute atomic E-state index is 0.00916. The topological polar surface area (TPSA) is 111 Å². The van der Waals surface area contributed by atoms with Crippen molar-refractivity contribution in [3.05, 3.63) is 35.9 Å². The molecule has 302 valence electrons. The van der Waals surface area contributed by atoms with Crippen molar-refractivity contribution in [3.8, 4) is 0 Å². The third-order valence-electron chi connectivity index (χ3n) is 9.87. The summed E-state index contributed by atoms with van der Waals surface area (Å²) in [6, 6.07) is 7.99. The Labute approximate surface area is 318 Å². The third kappa shape index (κ3) is 27.8. The summed E-state index contributed by atoms with van der Waals surface area (Å²) in [5.41, 5.74) is 0.415. The first-order chi connectivity index (χ1) is 25.3. The number of nitrogens with one attached hydrogen (secondary N) is 1. The van der Waals surface area contributed by atoms with Crippen LogP contribution in [0.2, 0.25) is 0 Å². The lowest BCUT2D eigenvalue weighted by molar-refractivity contribution is -0.123. The molecule has 0 heterocycles. The highest BCUT2D eigenvalue weighted by molar-refractivity contribution is 7.47. The maximum absolute atomic E-state index is 13.2. The summed E-state index contributed by atoms with van der Waals surface area (Å²) in [5.74, 6) is -0.667. The number of phosphoric acid groups is 1. The number of hydrogen-bond donors (Lipinski definition) is 2. The Hall–Kier alpha value is -1.73. The van der Waals surface area contributed by atoms with E-state index in [0.717, 1.165) is 38.5 Å². The molecule has 1 amide bonds. The predicted molar refractivity (Wildman–Crippen MR) is 216 cm³/mol. The molecule has 0 aliphatic rings. The quantitative estimate of drug-likeness (QED) is 0.0395. The molecule has 0 fully saturated rings.